The van der Waals surface area contributed by atoms with Gasteiger partial charge in [-0.1, -0.05) is 46.7 Å². The summed E-state index contributed by atoms with van der Waals surface area (Å²) < 4.78 is 0. The molecule has 1 saturated carbocycles. The van der Waals surface area contributed by atoms with Crippen LogP contribution in [-0.2, 0) is 11.2 Å². The number of aromatic amines is 1. The van der Waals surface area contributed by atoms with Gasteiger partial charge in [0.25, 0.3) is 5.91 Å². The van der Waals surface area contributed by atoms with Crippen LogP contribution < -0.4 is 15.5 Å². The molecule has 1 aliphatic carbocycles. The Bertz CT molecular complexity index is 1360. The molecule has 2 amide bonds. The van der Waals surface area contributed by atoms with E-state index in [9.17, 15) is 19.5 Å². The number of carbonyl (C=O) groups excluding carboxylic acids is 2. The summed E-state index contributed by atoms with van der Waals surface area (Å²) in [5.74, 6) is -0.911. The summed E-state index contributed by atoms with van der Waals surface area (Å²) in [6.07, 6.45) is 0.372. The number of carbonyl (C=O) groups is 3. The second kappa shape index (κ2) is 10.7. The van der Waals surface area contributed by atoms with Gasteiger partial charge in [-0.25, -0.2) is 9.78 Å². The van der Waals surface area contributed by atoms with Crippen molar-refractivity contribution < 1.29 is 19.5 Å². The average molecular weight is 556 g/mol. The van der Waals surface area contributed by atoms with Crippen LogP contribution in [0.1, 0.15) is 44.0 Å². The van der Waals surface area contributed by atoms with E-state index in [0.29, 0.717) is 46.7 Å². The van der Waals surface area contributed by atoms with Crippen LogP contribution in [0.15, 0.2) is 24.3 Å². The van der Waals surface area contributed by atoms with Crippen LogP contribution in [0.2, 0.25) is 10.0 Å². The minimum absolute atomic E-state index is 0. The van der Waals surface area contributed by atoms with Gasteiger partial charge in [-0.2, -0.15) is 0 Å². The van der Waals surface area contributed by atoms with Crippen LogP contribution in [0.3, 0.4) is 0 Å². The molecule has 3 atom stereocenters. The van der Waals surface area contributed by atoms with Crippen molar-refractivity contribution in [1.29, 1.82) is 0 Å². The van der Waals surface area contributed by atoms with Crippen LogP contribution in [0.4, 0.5) is 10.8 Å². The number of piperidine rings is 1. The molecule has 190 valence electrons. The summed E-state index contributed by atoms with van der Waals surface area (Å²) in [5, 5.41) is 16.7. The third-order valence-corrected chi connectivity index (χ3v) is 8.66. The molecule has 1 aromatic carbocycles. The van der Waals surface area contributed by atoms with Gasteiger partial charge in [0.15, 0.2) is 5.13 Å². The van der Waals surface area contributed by atoms with Gasteiger partial charge in [-0.05, 0) is 24.6 Å². The number of aromatic carboxylic acids is 1. The number of carboxylic acid groups (broad SMARTS) is 1. The molecule has 9 nitrogen and oxygen atoms in total. The SMILES string of the molecule is CC(=O)Nc1ccc(Cc2nc(N3C[C@@H]4C(NC(=O)c5[nH]c(C)c(Cl)c5Cl)[C@@H]4C3)sc2C(=O)O)cc1.[LiH]. The molecule has 0 radical (unpaired) electrons. The van der Waals surface area contributed by atoms with Crippen LogP contribution in [0.5, 0.6) is 0 Å². The first kappa shape index (κ1) is 27.5. The van der Waals surface area contributed by atoms with Crippen molar-refractivity contribution in [2.75, 3.05) is 23.3 Å². The molecule has 0 bridgehead atoms. The number of rotatable bonds is 7. The first-order valence-electron chi connectivity index (χ1n) is 11.3. The number of benzene rings is 1. The number of H-pyrrole nitrogens is 1. The van der Waals surface area contributed by atoms with E-state index in [-0.39, 0.29) is 64.1 Å². The molecule has 3 aromatic rings. The minimum atomic E-state index is -1.00. The first-order chi connectivity index (χ1) is 17.1. The Kier molecular flexibility index (Phi) is 7.98. The maximum atomic E-state index is 12.6. The number of thiazole rings is 1. The number of carboxylic acids is 1. The molecule has 1 unspecified atom stereocenters. The van der Waals surface area contributed by atoms with E-state index < -0.39 is 5.97 Å². The van der Waals surface area contributed by atoms with Crippen LogP contribution >= 0.6 is 34.5 Å². The fraction of sp³-hybridized carbons (Fsp3) is 0.333. The Balaban J connectivity index is 0.00000320. The molecule has 3 heterocycles. The molecule has 2 aliphatic rings. The molecule has 5 rings (SSSR count). The maximum absolute atomic E-state index is 12.6. The molecule has 0 spiro atoms. The van der Waals surface area contributed by atoms with Gasteiger partial charge in [0.05, 0.1) is 15.7 Å². The second-order valence-electron chi connectivity index (χ2n) is 9.12. The molecular formula is C24H24Cl2LiN5O4S. The van der Waals surface area contributed by atoms with Crippen molar-refractivity contribution in [2.24, 2.45) is 11.8 Å². The third kappa shape index (κ3) is 5.54. The summed E-state index contributed by atoms with van der Waals surface area (Å²) >= 11 is 13.4. The third-order valence-electron chi connectivity index (χ3n) is 6.57. The number of fused-ring (bicyclic) bond motifs is 1. The van der Waals surface area contributed by atoms with E-state index in [1.54, 1.807) is 19.1 Å². The predicted octanol–water partition coefficient (Wildman–Crippen LogP) is 3.55. The standard InChI is InChI=1S/C24H23Cl2N5O4S.Li.H/c1-10-17(25)18(26)20(27-10)22(33)30-19-14-8-31(9-15(14)19)24-29-16(21(36-24)23(34)35)7-12-3-5-13(6-4-12)28-11(2)32;;/h3-6,14-15,19,27H,7-9H2,1-2H3,(H,28,32)(H,30,33)(H,34,35);;/t14-,15+,19?;;. The van der Waals surface area contributed by atoms with Gasteiger partial charge >= 0.3 is 24.8 Å². The Labute approximate surface area is 239 Å². The number of nitrogens with zero attached hydrogens (tertiary/aromatic N) is 2. The quantitative estimate of drug-likeness (QED) is 0.330. The van der Waals surface area contributed by atoms with E-state index in [0.717, 1.165) is 5.56 Å². The van der Waals surface area contributed by atoms with Crippen molar-refractivity contribution in [3.8, 4) is 0 Å². The van der Waals surface area contributed by atoms with Gasteiger partial charge in [0, 0.05) is 55.7 Å². The molecular weight excluding hydrogens is 532 g/mol. The van der Waals surface area contributed by atoms with Crippen molar-refractivity contribution in [3.05, 3.63) is 61.8 Å². The summed E-state index contributed by atoms with van der Waals surface area (Å²) in [6, 6.07) is 7.29. The topological polar surface area (TPSA) is 127 Å². The van der Waals surface area contributed by atoms with Gasteiger partial charge in [-0.15, -0.1) is 0 Å². The molecule has 2 aromatic heterocycles. The Morgan fingerprint density at radius 1 is 1.16 bits per heavy atom. The molecule has 1 saturated heterocycles. The van der Waals surface area contributed by atoms with Gasteiger partial charge in [-0.3, -0.25) is 9.59 Å². The fourth-order valence-electron chi connectivity index (χ4n) is 4.71. The van der Waals surface area contributed by atoms with Crippen LogP contribution in [-0.4, -0.2) is 70.9 Å². The van der Waals surface area contributed by atoms with E-state index in [2.05, 4.69) is 25.5 Å². The number of hydrogen-bond acceptors (Lipinski definition) is 6. The zero-order chi connectivity index (χ0) is 25.7. The Morgan fingerprint density at radius 2 is 1.81 bits per heavy atom. The summed E-state index contributed by atoms with van der Waals surface area (Å²) in [7, 11) is 0. The summed E-state index contributed by atoms with van der Waals surface area (Å²) in [4.78, 5) is 45.6. The zero-order valence-electron chi connectivity index (χ0n) is 19.4. The predicted molar refractivity (Wildman–Crippen MR) is 146 cm³/mol. The second-order valence-corrected chi connectivity index (χ2v) is 10.9. The fourth-order valence-corrected chi connectivity index (χ4v) is 6.07. The number of amides is 2. The van der Waals surface area contributed by atoms with Crippen molar-refractivity contribution in [1.82, 2.24) is 15.3 Å². The van der Waals surface area contributed by atoms with E-state index in [1.165, 1.54) is 18.3 Å². The number of aromatic nitrogens is 2. The van der Waals surface area contributed by atoms with Gasteiger partial charge in [0.1, 0.15) is 10.6 Å². The number of hydrogen-bond donors (Lipinski definition) is 4. The molecule has 13 heteroatoms. The number of nitrogens with one attached hydrogen (secondary N) is 3. The molecule has 37 heavy (non-hydrogen) atoms. The van der Waals surface area contributed by atoms with Crippen molar-refractivity contribution >= 4 is 82.0 Å². The van der Waals surface area contributed by atoms with Gasteiger partial charge < -0.3 is 25.6 Å². The summed E-state index contributed by atoms with van der Waals surface area (Å²) in [5.41, 5.74) is 2.99. The first-order valence-corrected chi connectivity index (χ1v) is 12.9. The number of halogens is 2. The zero-order valence-corrected chi connectivity index (χ0v) is 21.7. The normalized spacial score (nSPS) is 19.7. The van der Waals surface area contributed by atoms with Gasteiger partial charge in [0.2, 0.25) is 5.91 Å². The van der Waals surface area contributed by atoms with E-state index >= 15 is 0 Å². The number of aryl methyl sites for hydroxylation is 1. The summed E-state index contributed by atoms with van der Waals surface area (Å²) in [6.45, 7) is 4.57. The molecule has 2 fully saturated rings. The van der Waals surface area contributed by atoms with Crippen molar-refractivity contribution in [2.45, 2.75) is 26.3 Å². The van der Waals surface area contributed by atoms with Crippen LogP contribution in [0.25, 0.3) is 0 Å². The Hall–Kier alpha value is -2.48. The monoisotopic (exact) mass is 555 g/mol. The Morgan fingerprint density at radius 3 is 2.35 bits per heavy atom. The molecule has 4 N–H and O–H groups in total. The van der Waals surface area contributed by atoms with Crippen molar-refractivity contribution in [3.63, 3.8) is 0 Å². The average Bonchev–Trinajstić information content (AvgIpc) is 3.19. The van der Waals surface area contributed by atoms with E-state index in [4.69, 9.17) is 23.2 Å². The van der Waals surface area contributed by atoms with E-state index in [1.807, 2.05) is 12.1 Å². The van der Waals surface area contributed by atoms with Crippen LogP contribution in [0, 0.1) is 18.8 Å². The number of anilines is 2. The molecule has 1 aliphatic heterocycles.